The van der Waals surface area contributed by atoms with Gasteiger partial charge in [0.25, 0.3) is 0 Å². The zero-order chi connectivity index (χ0) is 11.8. The van der Waals surface area contributed by atoms with Crippen LogP contribution < -0.4 is 10.1 Å². The Labute approximate surface area is 97.5 Å². The number of hydrogen-bond donors (Lipinski definition) is 1. The molecular formula is C12H21N3O. The molecule has 4 nitrogen and oxygen atoms in total. The lowest BCUT2D eigenvalue weighted by Gasteiger charge is -2.07. The summed E-state index contributed by atoms with van der Waals surface area (Å²) >= 11 is 0. The van der Waals surface area contributed by atoms with Crippen LogP contribution >= 0.6 is 0 Å². The summed E-state index contributed by atoms with van der Waals surface area (Å²) in [4.78, 5) is 8.42. The van der Waals surface area contributed by atoms with Gasteiger partial charge in [0, 0.05) is 12.7 Å². The largest absolute Gasteiger partial charge is 0.477 e. The van der Waals surface area contributed by atoms with Crippen LogP contribution in [0.25, 0.3) is 0 Å². The van der Waals surface area contributed by atoms with Crippen LogP contribution in [0.4, 0.5) is 0 Å². The minimum absolute atomic E-state index is 0.622. The van der Waals surface area contributed by atoms with Crippen molar-refractivity contribution in [3.8, 4) is 5.88 Å². The molecule has 0 aromatic carbocycles. The molecule has 0 aliphatic carbocycles. The van der Waals surface area contributed by atoms with Crippen molar-refractivity contribution in [2.75, 3.05) is 13.7 Å². The lowest BCUT2D eigenvalue weighted by molar-refractivity contribution is 0.285. The normalized spacial score (nSPS) is 10.8. The molecule has 0 unspecified atom stereocenters. The molecule has 1 aromatic rings. The molecular weight excluding hydrogens is 202 g/mol. The molecule has 0 fully saturated rings. The van der Waals surface area contributed by atoms with Gasteiger partial charge in [-0.1, -0.05) is 13.8 Å². The predicted octanol–water partition coefficient (Wildman–Crippen LogP) is 2.01. The molecule has 0 amide bonds. The number of ether oxygens (including phenoxy) is 1. The summed E-state index contributed by atoms with van der Waals surface area (Å²) in [5.41, 5.74) is 0.906. The minimum Gasteiger partial charge on any atom is -0.477 e. The Morgan fingerprint density at radius 3 is 2.88 bits per heavy atom. The van der Waals surface area contributed by atoms with Gasteiger partial charge in [-0.15, -0.1) is 0 Å². The molecule has 1 N–H and O–H groups in total. The maximum Gasteiger partial charge on any atom is 0.232 e. The summed E-state index contributed by atoms with van der Waals surface area (Å²) in [5, 5.41) is 3.04. The van der Waals surface area contributed by atoms with Gasteiger partial charge in [-0.05, 0) is 25.8 Å². The first-order chi connectivity index (χ1) is 7.72. The Balaban J connectivity index is 2.33. The number of aromatic nitrogens is 2. The van der Waals surface area contributed by atoms with Crippen LogP contribution in [0.2, 0.25) is 0 Å². The lowest BCUT2D eigenvalue weighted by Crippen LogP contribution is -2.08. The number of hydrogen-bond acceptors (Lipinski definition) is 4. The molecule has 16 heavy (non-hydrogen) atoms. The zero-order valence-corrected chi connectivity index (χ0v) is 10.4. The van der Waals surface area contributed by atoms with Gasteiger partial charge >= 0.3 is 0 Å². The smallest absolute Gasteiger partial charge is 0.232 e. The molecule has 0 radical (unpaired) electrons. The molecule has 0 atom stereocenters. The van der Waals surface area contributed by atoms with Crippen molar-refractivity contribution in [3.05, 3.63) is 18.1 Å². The Kier molecular flexibility index (Phi) is 5.78. The minimum atomic E-state index is 0.622. The van der Waals surface area contributed by atoms with Crippen molar-refractivity contribution in [1.29, 1.82) is 0 Å². The highest BCUT2D eigenvalue weighted by Crippen LogP contribution is 2.08. The first kappa shape index (κ1) is 12.9. The standard InChI is InChI=1S/C12H21N3O/c1-10(2)5-4-6-16-12-9-14-8-11(15-12)7-13-3/h8-10,13H,4-7H2,1-3H3. The van der Waals surface area contributed by atoms with E-state index in [1.54, 1.807) is 12.4 Å². The molecule has 0 aliphatic rings. The van der Waals surface area contributed by atoms with E-state index in [-0.39, 0.29) is 0 Å². The predicted molar refractivity (Wildman–Crippen MR) is 64.4 cm³/mol. The maximum atomic E-state index is 5.54. The van der Waals surface area contributed by atoms with E-state index in [4.69, 9.17) is 4.74 Å². The molecule has 90 valence electrons. The van der Waals surface area contributed by atoms with Crippen LogP contribution in [0.15, 0.2) is 12.4 Å². The molecule has 1 rings (SSSR count). The van der Waals surface area contributed by atoms with E-state index in [0.29, 0.717) is 5.88 Å². The van der Waals surface area contributed by atoms with Crippen LogP contribution in [0.3, 0.4) is 0 Å². The second kappa shape index (κ2) is 7.17. The van der Waals surface area contributed by atoms with Gasteiger partial charge in [0.05, 0.1) is 18.5 Å². The molecule has 0 aliphatic heterocycles. The van der Waals surface area contributed by atoms with E-state index in [1.807, 2.05) is 7.05 Å². The number of nitrogens with one attached hydrogen (secondary N) is 1. The monoisotopic (exact) mass is 223 g/mol. The third-order valence-corrected chi connectivity index (χ3v) is 2.20. The first-order valence-corrected chi connectivity index (χ1v) is 5.80. The van der Waals surface area contributed by atoms with Gasteiger partial charge < -0.3 is 10.1 Å². The molecule has 4 heteroatoms. The number of nitrogens with zero attached hydrogens (tertiary/aromatic N) is 2. The van der Waals surface area contributed by atoms with E-state index < -0.39 is 0 Å². The van der Waals surface area contributed by atoms with Crippen molar-refractivity contribution in [1.82, 2.24) is 15.3 Å². The third-order valence-electron chi connectivity index (χ3n) is 2.20. The molecule has 0 saturated heterocycles. The summed E-state index contributed by atoms with van der Waals surface area (Å²) in [6, 6.07) is 0. The second-order valence-electron chi connectivity index (χ2n) is 4.26. The first-order valence-electron chi connectivity index (χ1n) is 5.80. The highest BCUT2D eigenvalue weighted by atomic mass is 16.5. The lowest BCUT2D eigenvalue weighted by atomic mass is 10.1. The third kappa shape index (κ3) is 5.07. The van der Waals surface area contributed by atoms with Gasteiger partial charge in [0.2, 0.25) is 5.88 Å². The molecule has 1 heterocycles. The average molecular weight is 223 g/mol. The van der Waals surface area contributed by atoms with Crippen molar-refractivity contribution in [2.45, 2.75) is 33.2 Å². The van der Waals surface area contributed by atoms with Gasteiger partial charge in [0.1, 0.15) is 0 Å². The van der Waals surface area contributed by atoms with Crippen molar-refractivity contribution >= 4 is 0 Å². The fourth-order valence-corrected chi connectivity index (χ4v) is 1.39. The van der Waals surface area contributed by atoms with Gasteiger partial charge in [-0.2, -0.15) is 0 Å². The summed E-state index contributed by atoms with van der Waals surface area (Å²) in [7, 11) is 1.89. The SMILES string of the molecule is CNCc1cncc(OCCCC(C)C)n1. The Morgan fingerprint density at radius 1 is 1.38 bits per heavy atom. The van der Waals surface area contributed by atoms with E-state index in [0.717, 1.165) is 31.2 Å². The summed E-state index contributed by atoms with van der Waals surface area (Å²) in [6.07, 6.45) is 5.66. The van der Waals surface area contributed by atoms with Crippen molar-refractivity contribution in [2.24, 2.45) is 5.92 Å². The van der Waals surface area contributed by atoms with Crippen molar-refractivity contribution in [3.63, 3.8) is 0 Å². The van der Waals surface area contributed by atoms with Crippen LogP contribution in [0, 0.1) is 5.92 Å². The molecule has 1 aromatic heterocycles. The van der Waals surface area contributed by atoms with Crippen molar-refractivity contribution < 1.29 is 4.74 Å². The van der Waals surface area contributed by atoms with Crippen LogP contribution in [-0.4, -0.2) is 23.6 Å². The maximum absolute atomic E-state index is 5.54. The van der Waals surface area contributed by atoms with E-state index in [1.165, 1.54) is 6.42 Å². The highest BCUT2D eigenvalue weighted by Gasteiger charge is 1.99. The zero-order valence-electron chi connectivity index (χ0n) is 10.4. The van der Waals surface area contributed by atoms with E-state index in [9.17, 15) is 0 Å². The Morgan fingerprint density at radius 2 is 2.19 bits per heavy atom. The quantitative estimate of drug-likeness (QED) is 0.718. The van der Waals surface area contributed by atoms with Crippen LogP contribution in [0.1, 0.15) is 32.4 Å². The molecule has 0 bridgehead atoms. The van der Waals surface area contributed by atoms with Crippen LogP contribution in [0.5, 0.6) is 5.88 Å². The van der Waals surface area contributed by atoms with Gasteiger partial charge in [-0.25, -0.2) is 4.98 Å². The van der Waals surface area contributed by atoms with Gasteiger partial charge in [0.15, 0.2) is 0 Å². The Bertz CT molecular complexity index is 302. The Hall–Kier alpha value is -1.16. The van der Waals surface area contributed by atoms with Gasteiger partial charge in [-0.3, -0.25) is 4.98 Å². The molecule has 0 saturated carbocycles. The second-order valence-corrected chi connectivity index (χ2v) is 4.26. The number of rotatable bonds is 7. The topological polar surface area (TPSA) is 47.0 Å². The fourth-order valence-electron chi connectivity index (χ4n) is 1.39. The summed E-state index contributed by atoms with van der Waals surface area (Å²) in [6.45, 7) is 5.87. The van der Waals surface area contributed by atoms with E-state index in [2.05, 4.69) is 29.1 Å². The fraction of sp³-hybridized carbons (Fsp3) is 0.667. The average Bonchev–Trinajstić information content (AvgIpc) is 2.25. The summed E-state index contributed by atoms with van der Waals surface area (Å²) < 4.78 is 5.54. The van der Waals surface area contributed by atoms with E-state index >= 15 is 0 Å². The highest BCUT2D eigenvalue weighted by molar-refractivity contribution is 5.08. The molecule has 0 spiro atoms. The van der Waals surface area contributed by atoms with Crippen LogP contribution in [-0.2, 0) is 6.54 Å². The summed E-state index contributed by atoms with van der Waals surface area (Å²) in [5.74, 6) is 1.35.